The quantitative estimate of drug-likeness (QED) is 0.539. The van der Waals surface area contributed by atoms with Crippen molar-refractivity contribution < 1.29 is 13.2 Å². The highest BCUT2D eigenvalue weighted by Gasteiger charge is 2.31. The Morgan fingerprint density at radius 2 is 1.70 bits per heavy atom. The number of hydrogen-bond donors (Lipinski definition) is 0. The molecule has 0 aliphatic carbocycles. The summed E-state index contributed by atoms with van der Waals surface area (Å²) >= 11 is 0. The number of sulfone groups is 1. The summed E-state index contributed by atoms with van der Waals surface area (Å²) in [6.07, 6.45) is 5.81. The molecular formula is C16H32O3S. The van der Waals surface area contributed by atoms with Crippen molar-refractivity contribution in [2.75, 3.05) is 5.75 Å². The molecule has 3 nitrogen and oxygen atoms in total. The molecule has 0 heterocycles. The van der Waals surface area contributed by atoms with E-state index in [0.29, 0.717) is 19.3 Å². The fourth-order valence-corrected chi connectivity index (χ4v) is 3.79. The molecule has 120 valence electrons. The van der Waals surface area contributed by atoms with Crippen LogP contribution in [0.3, 0.4) is 0 Å². The second kappa shape index (κ2) is 8.81. The summed E-state index contributed by atoms with van der Waals surface area (Å²) < 4.78 is 24.2. The van der Waals surface area contributed by atoms with Crippen LogP contribution in [-0.4, -0.2) is 25.2 Å². The highest BCUT2D eigenvalue weighted by molar-refractivity contribution is 7.92. The van der Waals surface area contributed by atoms with E-state index < -0.39 is 9.84 Å². The highest BCUT2D eigenvalue weighted by Crippen LogP contribution is 2.31. The van der Waals surface area contributed by atoms with Gasteiger partial charge in [0.05, 0.1) is 11.0 Å². The molecule has 1 atom stereocenters. The van der Waals surface area contributed by atoms with E-state index in [1.54, 1.807) is 13.8 Å². The normalized spacial score (nSPS) is 15.3. The number of carbonyl (C=O) groups excluding carboxylic acids is 1. The van der Waals surface area contributed by atoms with Gasteiger partial charge in [-0.3, -0.25) is 4.79 Å². The van der Waals surface area contributed by atoms with Crippen molar-refractivity contribution in [3.8, 4) is 0 Å². The van der Waals surface area contributed by atoms with E-state index in [-0.39, 0.29) is 22.2 Å². The van der Waals surface area contributed by atoms with Crippen LogP contribution in [-0.2, 0) is 14.6 Å². The van der Waals surface area contributed by atoms with Crippen LogP contribution in [0.4, 0.5) is 0 Å². The summed E-state index contributed by atoms with van der Waals surface area (Å²) in [6.45, 7) is 9.57. The summed E-state index contributed by atoms with van der Waals surface area (Å²) in [6, 6.07) is 0. The van der Waals surface area contributed by atoms with E-state index in [4.69, 9.17) is 0 Å². The van der Waals surface area contributed by atoms with E-state index >= 15 is 0 Å². The zero-order valence-corrected chi connectivity index (χ0v) is 14.7. The van der Waals surface area contributed by atoms with Crippen LogP contribution in [0.1, 0.15) is 79.6 Å². The number of ketones is 1. The molecule has 20 heavy (non-hydrogen) atoms. The van der Waals surface area contributed by atoms with Crippen LogP contribution < -0.4 is 0 Å². The van der Waals surface area contributed by atoms with E-state index in [1.807, 2.05) is 13.8 Å². The summed E-state index contributed by atoms with van der Waals surface area (Å²) in [4.78, 5) is 11.8. The molecule has 0 bridgehead atoms. The summed E-state index contributed by atoms with van der Waals surface area (Å²) in [5, 5.41) is -0.339. The van der Waals surface area contributed by atoms with Gasteiger partial charge in [0.1, 0.15) is 5.78 Å². The van der Waals surface area contributed by atoms with Gasteiger partial charge < -0.3 is 0 Å². The molecule has 0 amide bonds. The number of hydrogen-bond acceptors (Lipinski definition) is 3. The first-order valence-electron chi connectivity index (χ1n) is 7.90. The molecule has 0 aromatic rings. The van der Waals surface area contributed by atoms with Crippen molar-refractivity contribution in [3.63, 3.8) is 0 Å². The van der Waals surface area contributed by atoms with E-state index in [0.717, 1.165) is 25.7 Å². The van der Waals surface area contributed by atoms with Gasteiger partial charge in [-0.15, -0.1) is 0 Å². The molecular weight excluding hydrogens is 272 g/mol. The first-order valence-corrected chi connectivity index (χ1v) is 9.61. The predicted molar refractivity (Wildman–Crippen MR) is 85.7 cm³/mol. The Balaban J connectivity index is 4.42. The van der Waals surface area contributed by atoms with Crippen LogP contribution in [0.25, 0.3) is 0 Å². The smallest absolute Gasteiger partial charge is 0.153 e. The second-order valence-corrected chi connectivity index (χ2v) is 9.07. The van der Waals surface area contributed by atoms with Gasteiger partial charge in [-0.2, -0.15) is 0 Å². The van der Waals surface area contributed by atoms with Crippen molar-refractivity contribution in [1.29, 1.82) is 0 Å². The number of carbonyl (C=O) groups is 1. The molecule has 0 radical (unpaired) electrons. The second-order valence-electron chi connectivity index (χ2n) is 6.52. The Morgan fingerprint density at radius 1 is 1.10 bits per heavy atom. The van der Waals surface area contributed by atoms with Crippen LogP contribution >= 0.6 is 0 Å². The average molecular weight is 304 g/mol. The van der Waals surface area contributed by atoms with Gasteiger partial charge in [0.25, 0.3) is 0 Å². The molecule has 0 spiro atoms. The molecule has 0 aliphatic heterocycles. The Morgan fingerprint density at radius 3 is 2.15 bits per heavy atom. The first-order chi connectivity index (χ1) is 9.17. The standard InChI is InChI=1S/C16H32O3S/c1-6-8-9-10-15(17)11-12-16(5,7-2)13-20(18,19)14(3)4/h14H,6-13H2,1-5H3/t16-/m1/s1. The molecule has 0 aliphatic rings. The minimum Gasteiger partial charge on any atom is -0.300 e. The average Bonchev–Trinajstić information content (AvgIpc) is 2.36. The Bertz CT molecular complexity index is 385. The Kier molecular flexibility index (Phi) is 8.64. The Labute approximate surface area is 125 Å². The lowest BCUT2D eigenvalue weighted by molar-refractivity contribution is -0.119. The third kappa shape index (κ3) is 7.41. The third-order valence-corrected chi connectivity index (χ3v) is 6.72. The van der Waals surface area contributed by atoms with E-state index in [9.17, 15) is 13.2 Å². The summed E-state index contributed by atoms with van der Waals surface area (Å²) in [5.41, 5.74) is -0.274. The van der Waals surface area contributed by atoms with Crippen LogP contribution in [0.5, 0.6) is 0 Å². The van der Waals surface area contributed by atoms with Gasteiger partial charge in [0.15, 0.2) is 9.84 Å². The van der Waals surface area contributed by atoms with Gasteiger partial charge in [-0.05, 0) is 38.5 Å². The van der Waals surface area contributed by atoms with Crippen LogP contribution in [0.15, 0.2) is 0 Å². The van der Waals surface area contributed by atoms with Gasteiger partial charge in [0, 0.05) is 12.8 Å². The zero-order chi connectivity index (χ0) is 15.8. The topological polar surface area (TPSA) is 51.2 Å². The number of Topliss-reactive ketones (excluding diaryl/α,β-unsaturated/α-hetero) is 1. The molecule has 0 N–H and O–H groups in total. The van der Waals surface area contributed by atoms with Gasteiger partial charge in [-0.1, -0.05) is 33.6 Å². The van der Waals surface area contributed by atoms with Gasteiger partial charge in [0.2, 0.25) is 0 Å². The lowest BCUT2D eigenvalue weighted by Crippen LogP contribution is -2.31. The molecule has 0 saturated carbocycles. The zero-order valence-electron chi connectivity index (χ0n) is 13.9. The maximum Gasteiger partial charge on any atom is 0.153 e. The van der Waals surface area contributed by atoms with Crippen molar-refractivity contribution in [2.45, 2.75) is 84.8 Å². The largest absolute Gasteiger partial charge is 0.300 e. The highest BCUT2D eigenvalue weighted by atomic mass is 32.2. The van der Waals surface area contributed by atoms with Crippen molar-refractivity contribution in [2.24, 2.45) is 5.41 Å². The maximum atomic E-state index is 12.1. The maximum absolute atomic E-state index is 12.1. The third-order valence-electron chi connectivity index (χ3n) is 4.19. The van der Waals surface area contributed by atoms with Crippen LogP contribution in [0.2, 0.25) is 0 Å². The van der Waals surface area contributed by atoms with Crippen molar-refractivity contribution in [1.82, 2.24) is 0 Å². The fourth-order valence-electron chi connectivity index (χ4n) is 2.14. The molecule has 0 aromatic heterocycles. The molecule has 0 fully saturated rings. The lowest BCUT2D eigenvalue weighted by atomic mass is 9.84. The Hall–Kier alpha value is -0.380. The SMILES string of the molecule is CCCCCC(=O)CC[C@@](C)(CC)CS(=O)(=O)C(C)C. The molecule has 4 heteroatoms. The minimum absolute atomic E-state index is 0.191. The van der Waals surface area contributed by atoms with Gasteiger partial charge in [-0.25, -0.2) is 8.42 Å². The lowest BCUT2D eigenvalue weighted by Gasteiger charge is -2.28. The molecule has 0 aromatic carbocycles. The fraction of sp³-hybridized carbons (Fsp3) is 0.938. The van der Waals surface area contributed by atoms with E-state index in [2.05, 4.69) is 6.92 Å². The van der Waals surface area contributed by atoms with Crippen molar-refractivity contribution in [3.05, 3.63) is 0 Å². The minimum atomic E-state index is -3.05. The number of unbranched alkanes of at least 4 members (excludes halogenated alkanes) is 2. The van der Waals surface area contributed by atoms with E-state index in [1.165, 1.54) is 0 Å². The van der Waals surface area contributed by atoms with Crippen LogP contribution in [0, 0.1) is 5.41 Å². The summed E-state index contributed by atoms with van der Waals surface area (Å²) in [7, 11) is -3.05. The molecule has 0 unspecified atom stereocenters. The predicted octanol–water partition coefficient (Wildman–Crippen LogP) is 4.16. The molecule has 0 saturated heterocycles. The van der Waals surface area contributed by atoms with Gasteiger partial charge >= 0.3 is 0 Å². The molecule has 0 rings (SSSR count). The summed E-state index contributed by atoms with van der Waals surface area (Å²) in [5.74, 6) is 0.469. The first kappa shape index (κ1) is 19.6. The van der Waals surface area contributed by atoms with Crippen molar-refractivity contribution >= 4 is 15.6 Å². The number of rotatable bonds is 11. The monoisotopic (exact) mass is 304 g/mol.